The molecule has 10 heteroatoms. The van der Waals surface area contributed by atoms with Gasteiger partial charge in [-0.15, -0.1) is 0 Å². The summed E-state index contributed by atoms with van der Waals surface area (Å²) in [6.45, 7) is 1.29. The van der Waals surface area contributed by atoms with Crippen LogP contribution < -0.4 is 14.4 Å². The van der Waals surface area contributed by atoms with Crippen LogP contribution in [0.3, 0.4) is 0 Å². The number of benzene rings is 2. The van der Waals surface area contributed by atoms with E-state index in [1.807, 2.05) is 12.1 Å². The van der Waals surface area contributed by atoms with Crippen LogP contribution in [0.1, 0.15) is 24.0 Å². The fourth-order valence-corrected chi connectivity index (χ4v) is 6.25. The van der Waals surface area contributed by atoms with Gasteiger partial charge >= 0.3 is 6.03 Å². The van der Waals surface area contributed by atoms with E-state index in [0.29, 0.717) is 25.3 Å². The summed E-state index contributed by atoms with van der Waals surface area (Å²) in [5.74, 6) is 0.994. The lowest BCUT2D eigenvalue weighted by molar-refractivity contribution is 0.229. The molecule has 2 heterocycles. The van der Waals surface area contributed by atoms with Crippen LogP contribution in [-0.4, -0.2) is 51.8 Å². The van der Waals surface area contributed by atoms with Crippen molar-refractivity contribution in [3.63, 3.8) is 0 Å². The van der Waals surface area contributed by atoms with Crippen molar-refractivity contribution in [3.8, 4) is 17.1 Å². The molecule has 3 aromatic rings. The summed E-state index contributed by atoms with van der Waals surface area (Å²) in [6, 6.07) is 12.4. The highest BCUT2D eigenvalue weighted by Crippen LogP contribution is 2.58. The van der Waals surface area contributed by atoms with Crippen molar-refractivity contribution in [3.05, 3.63) is 53.6 Å². The Morgan fingerprint density at radius 3 is 2.65 bits per heavy atom. The van der Waals surface area contributed by atoms with E-state index < -0.39 is 10.0 Å². The van der Waals surface area contributed by atoms with Crippen molar-refractivity contribution in [2.24, 2.45) is 0 Å². The van der Waals surface area contributed by atoms with Crippen molar-refractivity contribution in [1.82, 2.24) is 10.1 Å². The van der Waals surface area contributed by atoms with E-state index in [2.05, 4.69) is 15.9 Å². The molecule has 1 saturated heterocycles. The van der Waals surface area contributed by atoms with Gasteiger partial charge in [0.15, 0.2) is 11.6 Å². The van der Waals surface area contributed by atoms with Crippen molar-refractivity contribution >= 4 is 27.6 Å². The number of carbonyl (C=O) groups is 1. The zero-order valence-corrected chi connectivity index (χ0v) is 19.7. The minimum atomic E-state index is -3.94. The highest BCUT2D eigenvalue weighted by atomic mass is 32.2. The standard InChI is InChI=1S/C24H24N4O5S/c1-27-11-12-28(23(27)29)15-7-8-18-16(13-15)21-17(14-24(18)9-10-24)22(25-33-21)26-34(30,31)20-6-4-3-5-19(20)32-2/h3-8,13H,9-12,14H2,1-2H3,(H,25,26). The number of ether oxygens (including phenoxy) is 1. The second-order valence-corrected chi connectivity index (χ2v) is 10.8. The van der Waals surface area contributed by atoms with Crippen LogP contribution in [0, 0.1) is 0 Å². The number of nitrogens with one attached hydrogen (secondary N) is 1. The Kier molecular flexibility index (Phi) is 4.47. The van der Waals surface area contributed by atoms with Gasteiger partial charge in [-0.25, -0.2) is 13.2 Å². The van der Waals surface area contributed by atoms with Crippen LogP contribution in [0.5, 0.6) is 5.75 Å². The summed E-state index contributed by atoms with van der Waals surface area (Å²) in [5, 5.41) is 4.12. The number of aromatic nitrogens is 1. The molecule has 3 aliphatic rings. The summed E-state index contributed by atoms with van der Waals surface area (Å²) < 4.78 is 39.9. The molecule has 2 amide bonds. The van der Waals surface area contributed by atoms with Crippen molar-refractivity contribution in [2.75, 3.05) is 36.9 Å². The zero-order chi connectivity index (χ0) is 23.7. The number of para-hydroxylation sites is 1. The molecular formula is C24H24N4O5S. The first-order valence-electron chi connectivity index (χ1n) is 11.1. The molecule has 0 bridgehead atoms. The van der Waals surface area contributed by atoms with Gasteiger partial charge in [0.1, 0.15) is 10.6 Å². The number of carbonyl (C=O) groups excluding carboxylic acids is 1. The molecule has 2 aromatic carbocycles. The topological polar surface area (TPSA) is 105 Å². The molecule has 34 heavy (non-hydrogen) atoms. The number of fused-ring (bicyclic) bond motifs is 4. The van der Waals surface area contributed by atoms with E-state index in [1.165, 1.54) is 18.7 Å². The van der Waals surface area contributed by atoms with Crippen molar-refractivity contribution < 1.29 is 22.5 Å². The number of methoxy groups -OCH3 is 1. The molecule has 1 N–H and O–H groups in total. The molecule has 0 atom stereocenters. The monoisotopic (exact) mass is 480 g/mol. The van der Waals surface area contributed by atoms with Crippen molar-refractivity contribution in [2.45, 2.75) is 29.6 Å². The molecular weight excluding hydrogens is 456 g/mol. The first-order chi connectivity index (χ1) is 16.3. The lowest BCUT2D eigenvalue weighted by atomic mass is 9.79. The summed E-state index contributed by atoms with van der Waals surface area (Å²) in [4.78, 5) is 16.0. The quantitative estimate of drug-likeness (QED) is 0.598. The number of anilines is 2. The summed E-state index contributed by atoms with van der Waals surface area (Å²) in [7, 11) is -0.727. The second-order valence-electron chi connectivity index (χ2n) is 9.14. The predicted molar refractivity (Wildman–Crippen MR) is 126 cm³/mol. The van der Waals surface area contributed by atoms with Gasteiger partial charge in [0.05, 0.1) is 7.11 Å². The Balaban J connectivity index is 1.41. The predicted octanol–water partition coefficient (Wildman–Crippen LogP) is 3.61. The Labute approximate surface area is 197 Å². The molecule has 176 valence electrons. The van der Waals surface area contributed by atoms with Crippen LogP contribution in [0.15, 0.2) is 51.9 Å². The SMILES string of the molecule is COc1ccccc1S(=O)(=O)Nc1noc2c1CC1(CC1)c1ccc(N3CCN(C)C3=O)cc1-2. The third-order valence-electron chi connectivity index (χ3n) is 7.09. The molecule has 6 rings (SSSR count). The minimum absolute atomic E-state index is 0.0329. The third-order valence-corrected chi connectivity index (χ3v) is 8.47. The molecule has 2 fully saturated rings. The van der Waals surface area contributed by atoms with Gasteiger partial charge in [-0.1, -0.05) is 23.4 Å². The maximum absolute atomic E-state index is 13.2. The number of nitrogens with zero attached hydrogens (tertiary/aromatic N) is 3. The van der Waals surface area contributed by atoms with Crippen LogP contribution in [0.2, 0.25) is 0 Å². The number of amides is 2. The third kappa shape index (κ3) is 3.08. The van der Waals surface area contributed by atoms with Gasteiger partial charge in [0, 0.05) is 42.4 Å². The molecule has 0 unspecified atom stereocenters. The second kappa shape index (κ2) is 7.23. The molecule has 9 nitrogen and oxygen atoms in total. The van der Waals surface area contributed by atoms with Gasteiger partial charge < -0.3 is 14.2 Å². The number of hydrogen-bond donors (Lipinski definition) is 1. The molecule has 2 aliphatic carbocycles. The maximum atomic E-state index is 13.2. The average molecular weight is 481 g/mol. The largest absolute Gasteiger partial charge is 0.495 e. The van der Waals surface area contributed by atoms with Crippen molar-refractivity contribution in [1.29, 1.82) is 0 Å². The summed E-state index contributed by atoms with van der Waals surface area (Å²) in [5.41, 5.74) is 3.52. The molecule has 1 aromatic heterocycles. The van der Waals surface area contributed by atoms with Crippen LogP contribution in [0.25, 0.3) is 11.3 Å². The van der Waals surface area contributed by atoms with Gasteiger partial charge in [-0.05, 0) is 49.1 Å². The van der Waals surface area contributed by atoms with Crippen LogP contribution >= 0.6 is 0 Å². The zero-order valence-electron chi connectivity index (χ0n) is 18.9. The van der Waals surface area contributed by atoms with E-state index >= 15 is 0 Å². The van der Waals surface area contributed by atoms with Gasteiger partial charge in [-0.3, -0.25) is 9.62 Å². The minimum Gasteiger partial charge on any atom is -0.495 e. The number of sulfonamides is 1. The number of rotatable bonds is 5. The fraction of sp³-hybridized carbons (Fsp3) is 0.333. The Morgan fingerprint density at radius 1 is 1.15 bits per heavy atom. The summed E-state index contributed by atoms with van der Waals surface area (Å²) >= 11 is 0. The molecule has 1 aliphatic heterocycles. The molecule has 1 spiro atoms. The van der Waals surface area contributed by atoms with Gasteiger partial charge in [0.2, 0.25) is 0 Å². The fourth-order valence-electron chi connectivity index (χ4n) is 5.06. The van der Waals surface area contributed by atoms with Gasteiger partial charge in [-0.2, -0.15) is 0 Å². The van der Waals surface area contributed by atoms with E-state index in [-0.39, 0.29) is 27.9 Å². The smallest absolute Gasteiger partial charge is 0.324 e. The lowest BCUT2D eigenvalue weighted by Crippen LogP contribution is -2.29. The van der Waals surface area contributed by atoms with E-state index in [0.717, 1.165) is 29.7 Å². The Bertz CT molecular complexity index is 1430. The number of hydrogen-bond acceptors (Lipinski definition) is 6. The normalized spacial score (nSPS) is 18.1. The van der Waals surface area contributed by atoms with E-state index in [1.54, 1.807) is 35.0 Å². The summed E-state index contributed by atoms with van der Waals surface area (Å²) in [6.07, 6.45) is 2.66. The van der Waals surface area contributed by atoms with Crippen LogP contribution in [0.4, 0.5) is 16.3 Å². The van der Waals surface area contributed by atoms with Crippen LogP contribution in [-0.2, 0) is 21.9 Å². The first kappa shape index (κ1) is 21.0. The first-order valence-corrected chi connectivity index (χ1v) is 12.6. The maximum Gasteiger partial charge on any atom is 0.324 e. The lowest BCUT2D eigenvalue weighted by Gasteiger charge is -2.26. The highest BCUT2D eigenvalue weighted by Gasteiger charge is 2.51. The van der Waals surface area contributed by atoms with E-state index in [4.69, 9.17) is 9.26 Å². The van der Waals surface area contributed by atoms with E-state index in [9.17, 15) is 13.2 Å². The Morgan fingerprint density at radius 2 is 1.94 bits per heavy atom. The highest BCUT2D eigenvalue weighted by molar-refractivity contribution is 7.92. The average Bonchev–Trinajstić information content (AvgIpc) is 3.39. The van der Waals surface area contributed by atoms with Gasteiger partial charge in [0.25, 0.3) is 10.0 Å². The molecule has 1 saturated carbocycles. The number of urea groups is 1. The molecule has 0 radical (unpaired) electrons. The number of likely N-dealkylation sites (N-methyl/N-ethyl adjacent to an activating group) is 1. The Hall–Kier alpha value is -3.53.